The summed E-state index contributed by atoms with van der Waals surface area (Å²) in [5, 5.41) is 6.81. The molecule has 41 heavy (non-hydrogen) atoms. The van der Waals surface area contributed by atoms with E-state index in [9.17, 15) is 18.0 Å². The molecule has 5 rings (SSSR count). The number of benzene rings is 1. The van der Waals surface area contributed by atoms with Gasteiger partial charge in [0.15, 0.2) is 5.65 Å². The second kappa shape index (κ2) is 12.1. The number of nitrogens with zero attached hydrogens (tertiary/aromatic N) is 6. The van der Waals surface area contributed by atoms with E-state index >= 15 is 0 Å². The van der Waals surface area contributed by atoms with Gasteiger partial charge in [0, 0.05) is 63.5 Å². The van der Waals surface area contributed by atoms with Crippen LogP contribution in [0.15, 0.2) is 55.0 Å². The molecule has 0 saturated carbocycles. The summed E-state index contributed by atoms with van der Waals surface area (Å²) in [4.78, 5) is 25.8. The van der Waals surface area contributed by atoms with Crippen molar-refractivity contribution in [2.75, 3.05) is 45.7 Å². The third-order valence-electron chi connectivity index (χ3n) is 6.78. The quantitative estimate of drug-likeness (QED) is 0.358. The zero-order valence-corrected chi connectivity index (χ0v) is 22.6. The van der Waals surface area contributed by atoms with Gasteiger partial charge in [-0.1, -0.05) is 12.0 Å². The molecular weight excluding hydrogens is 535 g/mol. The minimum atomic E-state index is -4.57. The molecule has 0 atom stereocenters. The second-order valence-corrected chi connectivity index (χ2v) is 9.74. The van der Waals surface area contributed by atoms with E-state index in [0.717, 1.165) is 19.2 Å². The number of likely N-dealkylation sites (N-methyl/N-ethyl adjacent to an activating group) is 1. The highest BCUT2D eigenvalue weighted by molar-refractivity contribution is 6.04. The van der Waals surface area contributed by atoms with Gasteiger partial charge >= 0.3 is 6.18 Å². The van der Waals surface area contributed by atoms with Gasteiger partial charge in [0.2, 0.25) is 0 Å². The number of aromatic nitrogens is 4. The number of carbonyl (C=O) groups excluding carboxylic acids is 1. The fraction of sp³-hybridized carbons (Fsp3) is 0.310. The lowest BCUT2D eigenvalue weighted by molar-refractivity contribution is -0.138. The zero-order chi connectivity index (χ0) is 29.0. The molecule has 12 heteroatoms. The van der Waals surface area contributed by atoms with Crippen LogP contribution in [-0.2, 0) is 24.1 Å². The molecule has 0 bridgehead atoms. The Bertz CT molecular complexity index is 1620. The SMILES string of the molecule is COCc1ncc(C(=O)Nc2ccc(CN3CCN(C)CC3)c(C(F)(F)F)c2)cc1C#Cc1cnc2cccnn12. The lowest BCUT2D eigenvalue weighted by Crippen LogP contribution is -2.44. The summed E-state index contributed by atoms with van der Waals surface area (Å²) >= 11 is 0. The number of imidazole rings is 1. The third-order valence-corrected chi connectivity index (χ3v) is 6.78. The summed E-state index contributed by atoms with van der Waals surface area (Å²) < 4.78 is 48.8. The number of hydrogen-bond acceptors (Lipinski definition) is 7. The number of anilines is 1. The number of ether oxygens (including phenoxy) is 1. The topological polar surface area (TPSA) is 87.9 Å². The van der Waals surface area contributed by atoms with Crippen molar-refractivity contribution in [1.82, 2.24) is 29.4 Å². The lowest BCUT2D eigenvalue weighted by Gasteiger charge is -2.33. The molecule has 4 heterocycles. The number of alkyl halides is 3. The first-order chi connectivity index (χ1) is 19.7. The minimum Gasteiger partial charge on any atom is -0.378 e. The predicted octanol–water partition coefficient (Wildman–Crippen LogP) is 3.69. The van der Waals surface area contributed by atoms with Gasteiger partial charge in [-0.15, -0.1) is 0 Å². The first-order valence-corrected chi connectivity index (χ1v) is 12.9. The van der Waals surface area contributed by atoms with E-state index < -0.39 is 17.6 Å². The van der Waals surface area contributed by atoms with Crippen molar-refractivity contribution in [2.45, 2.75) is 19.3 Å². The maximum Gasteiger partial charge on any atom is 0.416 e. The van der Waals surface area contributed by atoms with E-state index in [1.165, 1.54) is 31.5 Å². The van der Waals surface area contributed by atoms with Gasteiger partial charge in [-0.25, -0.2) is 9.50 Å². The van der Waals surface area contributed by atoms with Crippen LogP contribution in [0.4, 0.5) is 18.9 Å². The molecule has 9 nitrogen and oxygen atoms in total. The Morgan fingerprint density at radius 1 is 1.07 bits per heavy atom. The Kier molecular flexibility index (Phi) is 8.30. The molecule has 1 fully saturated rings. The van der Waals surface area contributed by atoms with Crippen LogP contribution in [0, 0.1) is 11.8 Å². The average molecular weight is 564 g/mol. The Hall–Kier alpha value is -4.31. The van der Waals surface area contributed by atoms with Gasteiger partial charge in [0.05, 0.1) is 29.6 Å². The van der Waals surface area contributed by atoms with E-state index in [-0.39, 0.29) is 30.0 Å². The van der Waals surface area contributed by atoms with Gasteiger partial charge in [0.25, 0.3) is 5.91 Å². The number of halogens is 3. The number of amides is 1. The Labute approximate surface area is 235 Å². The van der Waals surface area contributed by atoms with Crippen molar-refractivity contribution in [3.05, 3.63) is 88.6 Å². The van der Waals surface area contributed by atoms with Crippen LogP contribution in [0.1, 0.15) is 38.4 Å². The zero-order valence-electron chi connectivity index (χ0n) is 22.6. The van der Waals surface area contributed by atoms with E-state index in [2.05, 4.69) is 37.1 Å². The van der Waals surface area contributed by atoms with Crippen molar-refractivity contribution < 1.29 is 22.7 Å². The molecule has 1 aliphatic rings. The maximum atomic E-state index is 14.0. The van der Waals surface area contributed by atoms with Gasteiger partial charge in [0.1, 0.15) is 5.69 Å². The van der Waals surface area contributed by atoms with Crippen LogP contribution in [0.25, 0.3) is 5.65 Å². The molecule has 0 aliphatic carbocycles. The monoisotopic (exact) mass is 563 g/mol. The number of rotatable bonds is 6. The first kappa shape index (κ1) is 28.2. The number of fused-ring (bicyclic) bond motifs is 1. The van der Waals surface area contributed by atoms with Crippen LogP contribution in [0.5, 0.6) is 0 Å². The smallest absolute Gasteiger partial charge is 0.378 e. The normalized spacial score (nSPS) is 14.6. The van der Waals surface area contributed by atoms with Crippen molar-refractivity contribution >= 4 is 17.2 Å². The van der Waals surface area contributed by atoms with E-state index in [4.69, 9.17) is 4.74 Å². The van der Waals surface area contributed by atoms with E-state index in [1.807, 2.05) is 11.9 Å². The number of methoxy groups -OCH3 is 1. The molecule has 0 unspecified atom stereocenters. The van der Waals surface area contributed by atoms with Crippen LogP contribution in [0.2, 0.25) is 0 Å². The van der Waals surface area contributed by atoms with Crippen LogP contribution < -0.4 is 5.32 Å². The van der Waals surface area contributed by atoms with Crippen molar-refractivity contribution in [3.8, 4) is 11.8 Å². The van der Waals surface area contributed by atoms with Crippen LogP contribution in [0.3, 0.4) is 0 Å². The molecule has 4 aromatic rings. The lowest BCUT2D eigenvalue weighted by atomic mass is 10.0. The predicted molar refractivity (Wildman–Crippen MR) is 146 cm³/mol. The number of piperazine rings is 1. The summed E-state index contributed by atoms with van der Waals surface area (Å²) in [6, 6.07) is 8.99. The summed E-state index contributed by atoms with van der Waals surface area (Å²) in [6.45, 7) is 3.32. The average Bonchev–Trinajstić information content (AvgIpc) is 3.37. The Balaban J connectivity index is 1.38. The fourth-order valence-electron chi connectivity index (χ4n) is 4.53. The van der Waals surface area contributed by atoms with Crippen molar-refractivity contribution in [3.63, 3.8) is 0 Å². The largest absolute Gasteiger partial charge is 0.416 e. The van der Waals surface area contributed by atoms with E-state index in [0.29, 0.717) is 35.7 Å². The molecule has 1 N–H and O–H groups in total. The number of carbonyl (C=O) groups is 1. The molecule has 1 saturated heterocycles. The number of pyridine rings is 1. The standard InChI is InChI=1S/C29H28F3N7O2/c1-37-10-12-38(13-11-37)18-21-5-7-23(15-25(21)29(30,31)32)36-28(40)22-14-20(26(19-41-2)33-16-22)6-8-24-17-34-27-4-3-9-35-39(24)27/h3-5,7,9,14-17H,10-13,18-19H2,1-2H3,(H,36,40). The van der Waals surface area contributed by atoms with Gasteiger partial charge in [-0.2, -0.15) is 18.3 Å². The molecule has 3 aromatic heterocycles. The van der Waals surface area contributed by atoms with Crippen molar-refractivity contribution in [1.29, 1.82) is 0 Å². The molecular formula is C29H28F3N7O2. The molecule has 0 spiro atoms. The number of nitrogens with one attached hydrogen (secondary N) is 1. The molecule has 0 radical (unpaired) electrons. The summed E-state index contributed by atoms with van der Waals surface area (Å²) in [7, 11) is 3.50. The third kappa shape index (κ3) is 6.71. The Morgan fingerprint density at radius 2 is 1.88 bits per heavy atom. The van der Waals surface area contributed by atoms with E-state index in [1.54, 1.807) is 29.0 Å². The molecule has 1 amide bonds. The van der Waals surface area contributed by atoms with Gasteiger partial charge < -0.3 is 15.0 Å². The minimum absolute atomic E-state index is 0.0369. The highest BCUT2D eigenvalue weighted by atomic mass is 19.4. The van der Waals surface area contributed by atoms with Crippen molar-refractivity contribution in [2.24, 2.45) is 0 Å². The van der Waals surface area contributed by atoms with Gasteiger partial charge in [-0.05, 0) is 48.9 Å². The molecule has 1 aromatic carbocycles. The van der Waals surface area contributed by atoms with Crippen LogP contribution >= 0.6 is 0 Å². The number of hydrogen-bond donors (Lipinski definition) is 1. The maximum absolute atomic E-state index is 14.0. The first-order valence-electron chi connectivity index (χ1n) is 12.9. The highest BCUT2D eigenvalue weighted by Crippen LogP contribution is 2.34. The van der Waals surface area contributed by atoms with Crippen LogP contribution in [-0.4, -0.2) is 75.6 Å². The molecule has 212 valence electrons. The molecule has 1 aliphatic heterocycles. The Morgan fingerprint density at radius 3 is 2.63 bits per heavy atom. The summed E-state index contributed by atoms with van der Waals surface area (Å²) in [5.41, 5.74) is 1.69. The summed E-state index contributed by atoms with van der Waals surface area (Å²) in [6.07, 6.45) is -0.0225. The second-order valence-electron chi connectivity index (χ2n) is 9.74. The fourth-order valence-corrected chi connectivity index (χ4v) is 4.53. The van der Waals surface area contributed by atoms with Gasteiger partial charge in [-0.3, -0.25) is 14.7 Å². The summed E-state index contributed by atoms with van der Waals surface area (Å²) in [5.74, 6) is 5.38. The highest BCUT2D eigenvalue weighted by Gasteiger charge is 2.34.